The van der Waals surface area contributed by atoms with Crippen molar-refractivity contribution >= 4 is 11.6 Å². The highest BCUT2D eigenvalue weighted by atomic mass is 35.5. The van der Waals surface area contributed by atoms with Crippen LogP contribution in [0.5, 0.6) is 0 Å². The third-order valence-corrected chi connectivity index (χ3v) is 2.39. The molecular weight excluding hydrogens is 210 g/mol. The van der Waals surface area contributed by atoms with Crippen LogP contribution in [0.15, 0.2) is 30.9 Å². The van der Waals surface area contributed by atoms with Crippen molar-refractivity contribution in [3.05, 3.63) is 41.6 Å². The topological polar surface area (TPSA) is 30.7 Å². The number of hydrogen-bond donors (Lipinski definition) is 0. The van der Waals surface area contributed by atoms with E-state index in [4.69, 9.17) is 11.6 Å². The molecule has 0 spiro atoms. The van der Waals surface area contributed by atoms with Gasteiger partial charge in [-0.3, -0.25) is 4.57 Å². The summed E-state index contributed by atoms with van der Waals surface area (Å²) >= 11 is 5.77. The fourth-order valence-corrected chi connectivity index (χ4v) is 1.39. The molecule has 3 nitrogen and oxygen atoms in total. The zero-order valence-electron chi connectivity index (χ0n) is 8.68. The van der Waals surface area contributed by atoms with E-state index in [9.17, 15) is 0 Å². The zero-order valence-corrected chi connectivity index (χ0v) is 9.44. The van der Waals surface area contributed by atoms with Crippen molar-refractivity contribution in [3.8, 4) is 5.82 Å². The number of rotatable bonds is 2. The zero-order chi connectivity index (χ0) is 10.8. The summed E-state index contributed by atoms with van der Waals surface area (Å²) in [6.07, 6.45) is 5.39. The molecular formula is C11H12ClN3. The van der Waals surface area contributed by atoms with Gasteiger partial charge >= 0.3 is 0 Å². The minimum absolute atomic E-state index is 0.429. The van der Waals surface area contributed by atoms with Gasteiger partial charge in [0, 0.05) is 12.4 Å². The largest absolute Gasteiger partial charge is 0.290 e. The Morgan fingerprint density at radius 1 is 1.27 bits per heavy atom. The monoisotopic (exact) mass is 221 g/mol. The summed E-state index contributed by atoms with van der Waals surface area (Å²) in [4.78, 5) is 8.52. The number of aromatic nitrogens is 3. The van der Waals surface area contributed by atoms with Crippen LogP contribution in [0, 0.1) is 0 Å². The van der Waals surface area contributed by atoms with E-state index in [0.717, 1.165) is 11.5 Å². The Morgan fingerprint density at radius 3 is 2.60 bits per heavy atom. The highest BCUT2D eigenvalue weighted by Gasteiger charge is 2.04. The molecule has 4 heteroatoms. The number of hydrogen-bond acceptors (Lipinski definition) is 2. The van der Waals surface area contributed by atoms with E-state index in [1.165, 1.54) is 0 Å². The Labute approximate surface area is 93.7 Å². The molecule has 0 aliphatic carbocycles. The summed E-state index contributed by atoms with van der Waals surface area (Å²) in [5.41, 5.74) is 1.06. The lowest BCUT2D eigenvalue weighted by molar-refractivity contribution is 0.831. The second kappa shape index (κ2) is 4.03. The van der Waals surface area contributed by atoms with Crippen LogP contribution in [-0.4, -0.2) is 14.5 Å². The van der Waals surface area contributed by atoms with E-state index in [1.807, 2.05) is 22.9 Å². The van der Waals surface area contributed by atoms with Crippen molar-refractivity contribution < 1.29 is 0 Å². The molecule has 0 aromatic carbocycles. The molecule has 0 atom stereocenters. The first-order valence-corrected chi connectivity index (χ1v) is 5.20. The molecule has 2 rings (SSSR count). The molecule has 0 bridgehead atoms. The SMILES string of the molecule is CC(C)c1cn(-c2ccc(Cl)cn2)cn1. The Kier molecular flexibility index (Phi) is 2.73. The Bertz CT molecular complexity index is 445. The van der Waals surface area contributed by atoms with Crippen LogP contribution >= 0.6 is 11.6 Å². The van der Waals surface area contributed by atoms with Crippen molar-refractivity contribution in [1.82, 2.24) is 14.5 Å². The maximum Gasteiger partial charge on any atom is 0.137 e. The van der Waals surface area contributed by atoms with Gasteiger partial charge in [0.2, 0.25) is 0 Å². The van der Waals surface area contributed by atoms with Crippen LogP contribution in [0.1, 0.15) is 25.5 Å². The molecule has 2 aromatic heterocycles. The third kappa shape index (κ3) is 2.18. The lowest BCUT2D eigenvalue weighted by Crippen LogP contribution is -1.93. The minimum atomic E-state index is 0.429. The van der Waals surface area contributed by atoms with Gasteiger partial charge in [-0.1, -0.05) is 25.4 Å². The molecule has 0 N–H and O–H groups in total. The van der Waals surface area contributed by atoms with Gasteiger partial charge < -0.3 is 0 Å². The van der Waals surface area contributed by atoms with Gasteiger partial charge in [0.15, 0.2) is 0 Å². The van der Waals surface area contributed by atoms with Crippen LogP contribution < -0.4 is 0 Å². The van der Waals surface area contributed by atoms with Gasteiger partial charge in [-0.05, 0) is 18.1 Å². The van der Waals surface area contributed by atoms with Crippen molar-refractivity contribution in [3.63, 3.8) is 0 Å². The molecule has 78 valence electrons. The highest BCUT2D eigenvalue weighted by molar-refractivity contribution is 6.30. The van der Waals surface area contributed by atoms with E-state index in [0.29, 0.717) is 10.9 Å². The van der Waals surface area contributed by atoms with Crippen LogP contribution in [0.3, 0.4) is 0 Å². The van der Waals surface area contributed by atoms with E-state index < -0.39 is 0 Å². The summed E-state index contributed by atoms with van der Waals surface area (Å²) < 4.78 is 1.89. The maximum atomic E-state index is 5.77. The minimum Gasteiger partial charge on any atom is -0.290 e. The Morgan fingerprint density at radius 2 is 2.07 bits per heavy atom. The number of imidazole rings is 1. The molecule has 0 amide bonds. The van der Waals surface area contributed by atoms with Crippen LogP contribution in [0.25, 0.3) is 5.82 Å². The molecule has 0 saturated heterocycles. The quantitative estimate of drug-likeness (QED) is 0.781. The maximum absolute atomic E-state index is 5.77. The first-order valence-electron chi connectivity index (χ1n) is 4.82. The standard InChI is InChI=1S/C11H12ClN3/c1-8(2)10-6-15(7-14-10)11-4-3-9(12)5-13-11/h3-8H,1-2H3. The smallest absolute Gasteiger partial charge is 0.137 e. The predicted molar refractivity (Wildman–Crippen MR) is 60.5 cm³/mol. The molecule has 0 fully saturated rings. The van der Waals surface area contributed by atoms with Gasteiger partial charge in [-0.25, -0.2) is 9.97 Å². The van der Waals surface area contributed by atoms with Gasteiger partial charge in [-0.2, -0.15) is 0 Å². The summed E-state index contributed by atoms with van der Waals surface area (Å²) in [5, 5.41) is 0.642. The fraction of sp³-hybridized carbons (Fsp3) is 0.273. The Balaban J connectivity index is 2.33. The molecule has 0 unspecified atom stereocenters. The van der Waals surface area contributed by atoms with Crippen LogP contribution in [-0.2, 0) is 0 Å². The molecule has 0 radical (unpaired) electrons. The second-order valence-electron chi connectivity index (χ2n) is 3.70. The normalized spacial score (nSPS) is 10.9. The van der Waals surface area contributed by atoms with Crippen LogP contribution in [0.2, 0.25) is 5.02 Å². The molecule has 2 heterocycles. The van der Waals surface area contributed by atoms with E-state index in [-0.39, 0.29) is 0 Å². The van der Waals surface area contributed by atoms with Gasteiger partial charge in [0.1, 0.15) is 12.1 Å². The van der Waals surface area contributed by atoms with Crippen molar-refractivity contribution in [2.45, 2.75) is 19.8 Å². The fourth-order valence-electron chi connectivity index (χ4n) is 1.28. The second-order valence-corrected chi connectivity index (χ2v) is 4.13. The molecule has 0 saturated carbocycles. The average Bonchev–Trinajstić information content (AvgIpc) is 2.68. The highest BCUT2D eigenvalue weighted by Crippen LogP contribution is 2.14. The Hall–Kier alpha value is -1.35. The van der Waals surface area contributed by atoms with Gasteiger partial charge in [-0.15, -0.1) is 0 Å². The summed E-state index contributed by atoms with van der Waals surface area (Å²) in [6, 6.07) is 3.69. The predicted octanol–water partition coefficient (Wildman–Crippen LogP) is 3.04. The van der Waals surface area contributed by atoms with Crippen molar-refractivity contribution in [1.29, 1.82) is 0 Å². The van der Waals surface area contributed by atoms with Gasteiger partial charge in [0.05, 0.1) is 10.7 Å². The van der Waals surface area contributed by atoms with E-state index in [1.54, 1.807) is 12.5 Å². The molecule has 2 aromatic rings. The average molecular weight is 222 g/mol. The molecule has 0 aliphatic rings. The summed E-state index contributed by atoms with van der Waals surface area (Å²) in [6.45, 7) is 4.23. The third-order valence-electron chi connectivity index (χ3n) is 2.17. The molecule has 0 aliphatic heterocycles. The summed E-state index contributed by atoms with van der Waals surface area (Å²) in [7, 11) is 0. The number of halogens is 1. The van der Waals surface area contributed by atoms with Crippen molar-refractivity contribution in [2.75, 3.05) is 0 Å². The van der Waals surface area contributed by atoms with Gasteiger partial charge in [0.25, 0.3) is 0 Å². The van der Waals surface area contributed by atoms with E-state index >= 15 is 0 Å². The van der Waals surface area contributed by atoms with Crippen LogP contribution in [0.4, 0.5) is 0 Å². The van der Waals surface area contributed by atoms with E-state index in [2.05, 4.69) is 23.8 Å². The number of nitrogens with zero attached hydrogens (tertiary/aromatic N) is 3. The first kappa shape index (κ1) is 10.2. The summed E-state index contributed by atoms with van der Waals surface area (Å²) in [5.74, 6) is 1.26. The first-order chi connectivity index (χ1) is 7.16. The lowest BCUT2D eigenvalue weighted by Gasteiger charge is -2.00. The molecule has 15 heavy (non-hydrogen) atoms. The number of pyridine rings is 1. The van der Waals surface area contributed by atoms with Crippen molar-refractivity contribution in [2.24, 2.45) is 0 Å². The lowest BCUT2D eigenvalue weighted by atomic mass is 10.2.